The summed E-state index contributed by atoms with van der Waals surface area (Å²) in [5, 5.41) is 3.86. The molecule has 4 heteroatoms. The van der Waals surface area contributed by atoms with E-state index < -0.39 is 0 Å². The molecule has 0 atom stereocenters. The molecule has 1 aromatic heterocycles. The van der Waals surface area contributed by atoms with Crippen LogP contribution in [-0.4, -0.2) is 33.7 Å². The maximum absolute atomic E-state index is 5.24. The van der Waals surface area contributed by atoms with Crippen LogP contribution < -0.4 is 0 Å². The highest BCUT2D eigenvalue weighted by atomic mass is 16.5. The Kier molecular flexibility index (Phi) is 2.06. The fourth-order valence-electron chi connectivity index (χ4n) is 3.21. The molecule has 1 aromatic rings. The van der Waals surface area contributed by atoms with E-state index in [9.17, 15) is 0 Å². The summed E-state index contributed by atoms with van der Waals surface area (Å²) in [5.74, 6) is 1.57. The van der Waals surface area contributed by atoms with Crippen molar-refractivity contribution in [3.8, 4) is 0 Å². The van der Waals surface area contributed by atoms with Gasteiger partial charge in [0.05, 0.1) is 0 Å². The van der Waals surface area contributed by atoms with Crippen molar-refractivity contribution < 1.29 is 4.52 Å². The minimum absolute atomic E-state index is 0.360. The summed E-state index contributed by atoms with van der Waals surface area (Å²) in [5.41, 5.74) is 0.360. The standard InChI is InChI=1S/C11H17N3O/c1-9-12-10(15-13-9)8-11-4-2-6-14(11)7-3-5-11/h2-8H2,1H3. The smallest absolute Gasteiger partial charge is 0.228 e. The molecule has 2 aliphatic rings. The van der Waals surface area contributed by atoms with Crippen molar-refractivity contribution in [2.75, 3.05) is 13.1 Å². The number of aryl methyl sites for hydroxylation is 1. The van der Waals surface area contributed by atoms with E-state index in [0.717, 1.165) is 18.1 Å². The van der Waals surface area contributed by atoms with Gasteiger partial charge in [-0.25, -0.2) is 0 Å². The monoisotopic (exact) mass is 207 g/mol. The summed E-state index contributed by atoms with van der Waals surface area (Å²) in [7, 11) is 0. The molecule has 2 saturated heterocycles. The zero-order valence-corrected chi connectivity index (χ0v) is 9.20. The summed E-state index contributed by atoms with van der Waals surface area (Å²) >= 11 is 0. The zero-order valence-electron chi connectivity index (χ0n) is 9.20. The van der Waals surface area contributed by atoms with Gasteiger partial charge in [0.15, 0.2) is 5.82 Å². The van der Waals surface area contributed by atoms with Crippen molar-refractivity contribution in [2.24, 2.45) is 0 Å². The van der Waals surface area contributed by atoms with E-state index in [-0.39, 0.29) is 0 Å². The normalized spacial score (nSPS) is 24.6. The van der Waals surface area contributed by atoms with Gasteiger partial charge in [0.1, 0.15) is 0 Å². The third kappa shape index (κ3) is 1.47. The molecule has 3 rings (SSSR count). The van der Waals surface area contributed by atoms with Gasteiger partial charge in [-0.1, -0.05) is 5.16 Å². The average Bonchev–Trinajstić information content (AvgIpc) is 2.81. The van der Waals surface area contributed by atoms with Crippen molar-refractivity contribution in [3.05, 3.63) is 11.7 Å². The lowest BCUT2D eigenvalue weighted by Gasteiger charge is -2.30. The van der Waals surface area contributed by atoms with Crippen LogP contribution in [0.2, 0.25) is 0 Å². The van der Waals surface area contributed by atoms with Gasteiger partial charge >= 0.3 is 0 Å². The Labute approximate surface area is 89.6 Å². The van der Waals surface area contributed by atoms with Crippen LogP contribution in [-0.2, 0) is 6.42 Å². The first kappa shape index (κ1) is 9.33. The first-order valence-corrected chi connectivity index (χ1v) is 5.83. The van der Waals surface area contributed by atoms with E-state index in [2.05, 4.69) is 15.0 Å². The molecule has 82 valence electrons. The number of aromatic nitrogens is 2. The van der Waals surface area contributed by atoms with Crippen LogP contribution >= 0.6 is 0 Å². The van der Waals surface area contributed by atoms with E-state index in [0.29, 0.717) is 5.54 Å². The third-order valence-electron chi connectivity index (χ3n) is 3.86. The number of hydrogen-bond donors (Lipinski definition) is 0. The molecule has 4 nitrogen and oxygen atoms in total. The lowest BCUT2D eigenvalue weighted by atomic mass is 9.90. The highest BCUT2D eigenvalue weighted by molar-refractivity contribution is 5.05. The third-order valence-corrected chi connectivity index (χ3v) is 3.86. The van der Waals surface area contributed by atoms with Gasteiger partial charge in [-0.3, -0.25) is 4.90 Å². The Bertz CT molecular complexity index is 350. The van der Waals surface area contributed by atoms with E-state index in [1.165, 1.54) is 38.8 Å². The second kappa shape index (κ2) is 3.30. The minimum Gasteiger partial charge on any atom is -0.339 e. The fraction of sp³-hybridized carbons (Fsp3) is 0.818. The summed E-state index contributed by atoms with van der Waals surface area (Å²) in [6.45, 7) is 4.39. The predicted molar refractivity (Wildman–Crippen MR) is 55.5 cm³/mol. The molecular weight excluding hydrogens is 190 g/mol. The van der Waals surface area contributed by atoms with Crippen LogP contribution in [0.4, 0.5) is 0 Å². The summed E-state index contributed by atoms with van der Waals surface area (Å²) < 4.78 is 5.24. The van der Waals surface area contributed by atoms with Gasteiger partial charge in [-0.2, -0.15) is 4.98 Å². The number of rotatable bonds is 2. The Morgan fingerprint density at radius 1 is 1.33 bits per heavy atom. The molecule has 0 unspecified atom stereocenters. The van der Waals surface area contributed by atoms with Crippen LogP contribution in [0.5, 0.6) is 0 Å². The molecule has 2 aliphatic heterocycles. The highest BCUT2D eigenvalue weighted by Crippen LogP contribution is 2.40. The van der Waals surface area contributed by atoms with Crippen LogP contribution in [0.15, 0.2) is 4.52 Å². The number of fused-ring (bicyclic) bond motifs is 1. The second-order valence-corrected chi connectivity index (χ2v) is 4.83. The largest absolute Gasteiger partial charge is 0.339 e. The Morgan fingerprint density at radius 3 is 2.67 bits per heavy atom. The predicted octanol–water partition coefficient (Wildman–Crippen LogP) is 1.55. The van der Waals surface area contributed by atoms with Gasteiger partial charge in [0.25, 0.3) is 0 Å². The molecule has 0 saturated carbocycles. The lowest BCUT2D eigenvalue weighted by Crippen LogP contribution is -2.40. The van der Waals surface area contributed by atoms with Crippen molar-refractivity contribution >= 4 is 0 Å². The van der Waals surface area contributed by atoms with Crippen molar-refractivity contribution in [2.45, 2.75) is 44.6 Å². The van der Waals surface area contributed by atoms with E-state index in [4.69, 9.17) is 4.52 Å². The summed E-state index contributed by atoms with van der Waals surface area (Å²) in [6, 6.07) is 0. The van der Waals surface area contributed by atoms with Crippen LogP contribution in [0.3, 0.4) is 0 Å². The van der Waals surface area contributed by atoms with E-state index >= 15 is 0 Å². The fourth-order valence-corrected chi connectivity index (χ4v) is 3.21. The molecule has 0 spiro atoms. The maximum Gasteiger partial charge on any atom is 0.228 e. The minimum atomic E-state index is 0.360. The topological polar surface area (TPSA) is 42.2 Å². The molecule has 0 aliphatic carbocycles. The molecule has 2 fully saturated rings. The number of hydrogen-bond acceptors (Lipinski definition) is 4. The van der Waals surface area contributed by atoms with Gasteiger partial charge < -0.3 is 4.52 Å². The van der Waals surface area contributed by atoms with Gasteiger partial charge in [-0.15, -0.1) is 0 Å². The molecular formula is C11H17N3O. The first-order valence-electron chi connectivity index (χ1n) is 5.83. The van der Waals surface area contributed by atoms with Crippen molar-refractivity contribution in [1.82, 2.24) is 15.0 Å². The Balaban J connectivity index is 1.81. The molecule has 0 amide bonds. The van der Waals surface area contributed by atoms with Crippen LogP contribution in [0.1, 0.15) is 37.4 Å². The summed E-state index contributed by atoms with van der Waals surface area (Å²) in [4.78, 5) is 6.94. The van der Waals surface area contributed by atoms with Crippen molar-refractivity contribution in [1.29, 1.82) is 0 Å². The SMILES string of the molecule is Cc1noc(CC23CCCN2CCC3)n1. The average molecular weight is 207 g/mol. The number of nitrogens with zero attached hydrogens (tertiary/aromatic N) is 3. The van der Waals surface area contributed by atoms with Crippen LogP contribution in [0.25, 0.3) is 0 Å². The second-order valence-electron chi connectivity index (χ2n) is 4.83. The quantitative estimate of drug-likeness (QED) is 0.738. The molecule has 0 N–H and O–H groups in total. The maximum atomic E-state index is 5.24. The van der Waals surface area contributed by atoms with Gasteiger partial charge in [0, 0.05) is 12.0 Å². The highest BCUT2D eigenvalue weighted by Gasteiger charge is 2.45. The molecule has 0 radical (unpaired) electrons. The van der Waals surface area contributed by atoms with Crippen LogP contribution in [0, 0.1) is 6.92 Å². The molecule has 0 aromatic carbocycles. The Morgan fingerprint density at radius 2 is 2.07 bits per heavy atom. The van der Waals surface area contributed by atoms with E-state index in [1.54, 1.807) is 0 Å². The summed E-state index contributed by atoms with van der Waals surface area (Å²) in [6.07, 6.45) is 6.21. The first-order chi connectivity index (χ1) is 7.28. The molecule has 15 heavy (non-hydrogen) atoms. The Hall–Kier alpha value is -0.900. The zero-order chi connectivity index (χ0) is 10.3. The lowest BCUT2D eigenvalue weighted by molar-refractivity contribution is 0.178. The van der Waals surface area contributed by atoms with Crippen molar-refractivity contribution in [3.63, 3.8) is 0 Å². The molecule has 3 heterocycles. The molecule has 0 bridgehead atoms. The van der Waals surface area contributed by atoms with Gasteiger partial charge in [-0.05, 0) is 45.7 Å². The van der Waals surface area contributed by atoms with Gasteiger partial charge in [0.2, 0.25) is 5.89 Å². The van der Waals surface area contributed by atoms with E-state index in [1.807, 2.05) is 6.92 Å².